The highest BCUT2D eigenvalue weighted by Crippen LogP contribution is 2.29. The Bertz CT molecular complexity index is 512. The van der Waals surface area contributed by atoms with E-state index in [1.54, 1.807) is 18.3 Å². The van der Waals surface area contributed by atoms with Crippen LogP contribution in [0.1, 0.15) is 25.8 Å². The maximum Gasteiger partial charge on any atom is 0.143 e. The van der Waals surface area contributed by atoms with Gasteiger partial charge in [-0.3, -0.25) is 10.1 Å². The standard InChI is InChI=1S/C13H16N2OS/c1-9(16)8-14-13(2,3)12-15-10-6-4-5-7-11(10)17-12/h4-7,14H,8H2,1-3H3. The molecule has 2 rings (SSSR count). The maximum atomic E-state index is 11.0. The zero-order valence-electron chi connectivity index (χ0n) is 10.3. The van der Waals surface area contributed by atoms with Crippen LogP contribution >= 0.6 is 11.3 Å². The number of ketones is 1. The van der Waals surface area contributed by atoms with Crippen molar-refractivity contribution in [2.45, 2.75) is 26.3 Å². The average molecular weight is 248 g/mol. The maximum absolute atomic E-state index is 11.0. The predicted molar refractivity (Wildman–Crippen MR) is 71.3 cm³/mol. The lowest BCUT2D eigenvalue weighted by Crippen LogP contribution is -2.39. The highest BCUT2D eigenvalue weighted by atomic mass is 32.1. The zero-order chi connectivity index (χ0) is 12.5. The number of fused-ring (bicyclic) bond motifs is 1. The van der Waals surface area contributed by atoms with Crippen LogP contribution in [0.5, 0.6) is 0 Å². The van der Waals surface area contributed by atoms with Crippen LogP contribution in [0, 0.1) is 0 Å². The van der Waals surface area contributed by atoms with E-state index >= 15 is 0 Å². The molecule has 0 aliphatic rings. The van der Waals surface area contributed by atoms with Crippen molar-refractivity contribution in [1.29, 1.82) is 0 Å². The third kappa shape index (κ3) is 2.70. The molecule has 0 saturated carbocycles. The molecule has 4 heteroatoms. The summed E-state index contributed by atoms with van der Waals surface area (Å²) in [7, 11) is 0. The van der Waals surface area contributed by atoms with Crippen molar-refractivity contribution in [1.82, 2.24) is 10.3 Å². The fourth-order valence-electron chi connectivity index (χ4n) is 1.56. The second-order valence-electron chi connectivity index (χ2n) is 4.67. The summed E-state index contributed by atoms with van der Waals surface area (Å²) >= 11 is 1.67. The van der Waals surface area contributed by atoms with Gasteiger partial charge in [0.05, 0.1) is 22.3 Å². The largest absolute Gasteiger partial charge is 0.299 e. The topological polar surface area (TPSA) is 42.0 Å². The van der Waals surface area contributed by atoms with E-state index in [-0.39, 0.29) is 11.3 Å². The second kappa shape index (κ2) is 4.55. The number of nitrogens with zero attached hydrogens (tertiary/aromatic N) is 1. The van der Waals surface area contributed by atoms with Gasteiger partial charge in [0, 0.05) is 0 Å². The summed E-state index contributed by atoms with van der Waals surface area (Å²) in [5.41, 5.74) is 0.750. The minimum Gasteiger partial charge on any atom is -0.299 e. The van der Waals surface area contributed by atoms with E-state index < -0.39 is 0 Å². The van der Waals surface area contributed by atoms with Crippen LogP contribution in [-0.2, 0) is 10.3 Å². The summed E-state index contributed by atoms with van der Waals surface area (Å²) in [5, 5.41) is 4.25. The first-order chi connectivity index (χ1) is 7.99. The molecule has 2 aromatic rings. The molecule has 90 valence electrons. The number of carbonyl (C=O) groups excluding carboxylic acids is 1. The minimum atomic E-state index is -0.268. The van der Waals surface area contributed by atoms with Gasteiger partial charge in [0.1, 0.15) is 10.8 Å². The van der Waals surface area contributed by atoms with E-state index in [9.17, 15) is 4.79 Å². The van der Waals surface area contributed by atoms with Crippen LogP contribution in [0.2, 0.25) is 0 Å². The number of benzene rings is 1. The van der Waals surface area contributed by atoms with Crippen molar-refractivity contribution in [3.63, 3.8) is 0 Å². The van der Waals surface area contributed by atoms with E-state index in [0.29, 0.717) is 6.54 Å². The second-order valence-corrected chi connectivity index (χ2v) is 5.70. The van der Waals surface area contributed by atoms with Crippen molar-refractivity contribution in [3.05, 3.63) is 29.3 Å². The molecule has 17 heavy (non-hydrogen) atoms. The summed E-state index contributed by atoms with van der Waals surface area (Å²) in [4.78, 5) is 15.6. The lowest BCUT2D eigenvalue weighted by atomic mass is 10.1. The van der Waals surface area contributed by atoms with Crippen molar-refractivity contribution in [2.24, 2.45) is 0 Å². The average Bonchev–Trinajstić information content (AvgIpc) is 2.71. The van der Waals surface area contributed by atoms with Crippen molar-refractivity contribution in [3.8, 4) is 0 Å². The van der Waals surface area contributed by atoms with Gasteiger partial charge in [-0.25, -0.2) is 4.98 Å². The van der Waals surface area contributed by atoms with E-state index in [1.165, 1.54) is 4.70 Å². The molecular formula is C13H16N2OS. The Morgan fingerprint density at radius 1 is 1.41 bits per heavy atom. The molecule has 0 aliphatic heterocycles. The Morgan fingerprint density at radius 3 is 2.76 bits per heavy atom. The number of thiazole rings is 1. The molecule has 0 atom stereocenters. The van der Waals surface area contributed by atoms with Crippen molar-refractivity contribution in [2.75, 3.05) is 6.54 Å². The third-order valence-electron chi connectivity index (χ3n) is 2.61. The summed E-state index contributed by atoms with van der Waals surface area (Å²) in [6, 6.07) is 8.08. The zero-order valence-corrected chi connectivity index (χ0v) is 11.1. The van der Waals surface area contributed by atoms with Crippen molar-refractivity contribution >= 4 is 27.3 Å². The molecule has 0 spiro atoms. The molecule has 0 unspecified atom stereocenters. The SMILES string of the molecule is CC(=O)CNC(C)(C)c1nc2ccccc2s1. The van der Waals surface area contributed by atoms with Gasteiger partial charge < -0.3 is 0 Å². The van der Waals surface area contributed by atoms with Gasteiger partial charge in [-0.1, -0.05) is 12.1 Å². The first kappa shape index (κ1) is 12.2. The van der Waals surface area contributed by atoms with E-state index in [0.717, 1.165) is 10.5 Å². The molecule has 1 aromatic heterocycles. The van der Waals surface area contributed by atoms with E-state index in [4.69, 9.17) is 0 Å². The monoisotopic (exact) mass is 248 g/mol. The van der Waals surface area contributed by atoms with Gasteiger partial charge in [0.15, 0.2) is 0 Å². The Hall–Kier alpha value is -1.26. The number of para-hydroxylation sites is 1. The van der Waals surface area contributed by atoms with Crippen LogP contribution in [0.15, 0.2) is 24.3 Å². The Labute approximate surface area is 105 Å². The summed E-state index contributed by atoms with van der Waals surface area (Å²) in [5.74, 6) is 0.138. The van der Waals surface area contributed by atoms with Crippen LogP contribution in [-0.4, -0.2) is 17.3 Å². The summed E-state index contributed by atoms with van der Waals surface area (Å²) < 4.78 is 1.18. The Kier molecular flexibility index (Phi) is 3.26. The Morgan fingerprint density at radius 2 is 2.12 bits per heavy atom. The molecule has 0 saturated heterocycles. The number of hydrogen-bond donors (Lipinski definition) is 1. The normalized spacial score (nSPS) is 11.9. The molecule has 0 aliphatic carbocycles. The number of nitrogens with one attached hydrogen (secondary N) is 1. The number of rotatable bonds is 4. The molecular weight excluding hydrogens is 232 g/mol. The molecule has 1 aromatic carbocycles. The van der Waals surface area contributed by atoms with Crippen LogP contribution in [0.3, 0.4) is 0 Å². The van der Waals surface area contributed by atoms with Crippen LogP contribution < -0.4 is 5.32 Å². The molecule has 0 radical (unpaired) electrons. The lowest BCUT2D eigenvalue weighted by Gasteiger charge is -2.22. The quantitative estimate of drug-likeness (QED) is 0.904. The molecule has 0 amide bonds. The smallest absolute Gasteiger partial charge is 0.143 e. The number of carbonyl (C=O) groups is 1. The van der Waals surface area contributed by atoms with Crippen molar-refractivity contribution < 1.29 is 4.79 Å². The van der Waals surface area contributed by atoms with Gasteiger partial charge in [-0.15, -0.1) is 11.3 Å². The van der Waals surface area contributed by atoms with Crippen LogP contribution in [0.25, 0.3) is 10.2 Å². The first-order valence-electron chi connectivity index (χ1n) is 5.59. The molecule has 3 nitrogen and oxygen atoms in total. The first-order valence-corrected chi connectivity index (χ1v) is 6.41. The van der Waals surface area contributed by atoms with Crippen LogP contribution in [0.4, 0.5) is 0 Å². The van der Waals surface area contributed by atoms with E-state index in [1.807, 2.05) is 32.0 Å². The lowest BCUT2D eigenvalue weighted by molar-refractivity contribution is -0.116. The van der Waals surface area contributed by atoms with Gasteiger partial charge >= 0.3 is 0 Å². The third-order valence-corrected chi connectivity index (χ3v) is 3.97. The summed E-state index contributed by atoms with van der Waals surface area (Å²) in [6.45, 7) is 6.06. The molecule has 1 N–H and O–H groups in total. The fourth-order valence-corrected chi connectivity index (χ4v) is 2.61. The van der Waals surface area contributed by atoms with Gasteiger partial charge in [-0.05, 0) is 32.9 Å². The predicted octanol–water partition coefficient (Wildman–Crippen LogP) is 2.71. The van der Waals surface area contributed by atoms with Gasteiger partial charge in [-0.2, -0.15) is 0 Å². The van der Waals surface area contributed by atoms with Gasteiger partial charge in [0.25, 0.3) is 0 Å². The Balaban J connectivity index is 2.28. The molecule has 0 fully saturated rings. The highest BCUT2D eigenvalue weighted by Gasteiger charge is 2.24. The fraction of sp³-hybridized carbons (Fsp3) is 0.385. The summed E-state index contributed by atoms with van der Waals surface area (Å²) in [6.07, 6.45) is 0. The van der Waals surface area contributed by atoms with Gasteiger partial charge in [0.2, 0.25) is 0 Å². The number of hydrogen-bond acceptors (Lipinski definition) is 4. The molecule has 0 bridgehead atoms. The number of aromatic nitrogens is 1. The minimum absolute atomic E-state index is 0.138. The highest BCUT2D eigenvalue weighted by molar-refractivity contribution is 7.18. The molecule has 1 heterocycles. The number of Topliss-reactive ketones (excluding diaryl/α,β-unsaturated/α-hetero) is 1. The van der Waals surface area contributed by atoms with E-state index in [2.05, 4.69) is 16.4 Å².